The van der Waals surface area contributed by atoms with Crippen molar-refractivity contribution >= 4 is 0 Å². The summed E-state index contributed by atoms with van der Waals surface area (Å²) in [5.74, 6) is 0. The molecule has 0 saturated carbocycles. The number of unbranched alkanes of at least 4 members (excludes halogenated alkanes) is 6. The van der Waals surface area contributed by atoms with E-state index in [2.05, 4.69) is 13.8 Å². The Kier molecular flexibility index (Phi) is 8.56. The maximum Gasteiger partial charge on any atom is 0.331 e. The van der Waals surface area contributed by atoms with Crippen molar-refractivity contribution in [2.45, 2.75) is 85.2 Å². The molecule has 0 bridgehead atoms. The minimum Gasteiger partial charge on any atom is -0.293 e. The number of benzene rings is 1. The second-order valence-corrected chi connectivity index (χ2v) is 7.35. The Balaban J connectivity index is 2.45. The smallest absolute Gasteiger partial charge is 0.293 e. The number of rotatable bonds is 11. The third-order valence-electron chi connectivity index (χ3n) is 5.17. The molecule has 27 heavy (non-hydrogen) atoms. The van der Waals surface area contributed by atoms with Gasteiger partial charge in [0, 0.05) is 18.7 Å². The molecular weight excluding hydrogens is 336 g/mol. The van der Waals surface area contributed by atoms with Gasteiger partial charge in [0.25, 0.3) is 5.56 Å². The van der Waals surface area contributed by atoms with Gasteiger partial charge in [-0.2, -0.15) is 0 Å². The topological polar surface area (TPSA) is 44.0 Å². The number of aromatic nitrogens is 2. The highest BCUT2D eigenvalue weighted by atomic mass is 16.2. The van der Waals surface area contributed by atoms with Crippen LogP contribution in [-0.4, -0.2) is 9.13 Å². The van der Waals surface area contributed by atoms with Crippen molar-refractivity contribution in [1.82, 2.24) is 9.13 Å². The Morgan fingerprint density at radius 1 is 0.741 bits per heavy atom. The largest absolute Gasteiger partial charge is 0.331 e. The van der Waals surface area contributed by atoms with Gasteiger partial charge in [0.2, 0.25) is 0 Å². The summed E-state index contributed by atoms with van der Waals surface area (Å²) in [4.78, 5) is 26.1. The third-order valence-corrected chi connectivity index (χ3v) is 5.17. The van der Waals surface area contributed by atoms with Gasteiger partial charge in [-0.05, 0) is 25.3 Å². The normalized spacial score (nSPS) is 11.1. The summed E-state index contributed by atoms with van der Waals surface area (Å²) < 4.78 is 3.29. The van der Waals surface area contributed by atoms with Crippen LogP contribution in [0.15, 0.2) is 39.9 Å². The van der Waals surface area contributed by atoms with E-state index in [-0.39, 0.29) is 11.2 Å². The molecule has 0 saturated heterocycles. The standard InChI is InChI=1S/C23H34N2O2/c1-4-6-8-13-17-24-21(20-15-11-10-12-16-20)19(3)22(26)25(23(24)27)18-14-9-7-5-2/h10-12,15-16H,4-9,13-14,17-18H2,1-3H3. The summed E-state index contributed by atoms with van der Waals surface area (Å²) in [7, 11) is 0. The lowest BCUT2D eigenvalue weighted by Crippen LogP contribution is -2.42. The molecule has 148 valence electrons. The fourth-order valence-electron chi connectivity index (χ4n) is 3.60. The zero-order chi connectivity index (χ0) is 19.6. The Morgan fingerprint density at radius 3 is 1.85 bits per heavy atom. The maximum absolute atomic E-state index is 13.2. The molecule has 0 unspecified atom stereocenters. The summed E-state index contributed by atoms with van der Waals surface area (Å²) in [5.41, 5.74) is 2.11. The van der Waals surface area contributed by atoms with E-state index in [1.54, 1.807) is 0 Å². The molecule has 4 heteroatoms. The van der Waals surface area contributed by atoms with Crippen LogP contribution >= 0.6 is 0 Å². The van der Waals surface area contributed by atoms with E-state index in [4.69, 9.17) is 0 Å². The second kappa shape index (κ2) is 10.9. The van der Waals surface area contributed by atoms with E-state index in [9.17, 15) is 9.59 Å². The molecule has 0 N–H and O–H groups in total. The summed E-state index contributed by atoms with van der Waals surface area (Å²) in [5, 5.41) is 0. The van der Waals surface area contributed by atoms with Crippen LogP contribution in [0.2, 0.25) is 0 Å². The molecule has 1 heterocycles. The van der Waals surface area contributed by atoms with Gasteiger partial charge in [0.15, 0.2) is 0 Å². The number of nitrogens with zero attached hydrogens (tertiary/aromatic N) is 2. The molecule has 0 aliphatic heterocycles. The van der Waals surface area contributed by atoms with Gasteiger partial charge in [-0.1, -0.05) is 82.7 Å². The van der Waals surface area contributed by atoms with Crippen LogP contribution < -0.4 is 11.2 Å². The third kappa shape index (κ3) is 5.44. The van der Waals surface area contributed by atoms with Gasteiger partial charge in [-0.25, -0.2) is 4.79 Å². The predicted molar refractivity (Wildman–Crippen MR) is 113 cm³/mol. The molecular formula is C23H34N2O2. The predicted octanol–water partition coefficient (Wildman–Crippen LogP) is 5.15. The Hall–Kier alpha value is -2.10. The fraction of sp³-hybridized carbons (Fsp3) is 0.565. The van der Waals surface area contributed by atoms with Crippen molar-refractivity contribution in [3.63, 3.8) is 0 Å². The second-order valence-electron chi connectivity index (χ2n) is 7.35. The van der Waals surface area contributed by atoms with Crippen molar-refractivity contribution in [3.05, 3.63) is 56.7 Å². The molecule has 1 aromatic carbocycles. The monoisotopic (exact) mass is 370 g/mol. The molecule has 0 radical (unpaired) electrons. The lowest BCUT2D eigenvalue weighted by molar-refractivity contribution is 0.497. The van der Waals surface area contributed by atoms with Gasteiger partial charge in [-0.3, -0.25) is 13.9 Å². The average Bonchev–Trinajstić information content (AvgIpc) is 2.69. The molecule has 0 atom stereocenters. The summed E-state index contributed by atoms with van der Waals surface area (Å²) >= 11 is 0. The number of hydrogen-bond acceptors (Lipinski definition) is 2. The molecule has 2 rings (SSSR count). The summed E-state index contributed by atoms with van der Waals surface area (Å²) in [6.07, 6.45) is 8.61. The number of hydrogen-bond donors (Lipinski definition) is 0. The molecule has 0 amide bonds. The van der Waals surface area contributed by atoms with Gasteiger partial charge in [0.1, 0.15) is 0 Å². The van der Waals surface area contributed by atoms with Gasteiger partial charge < -0.3 is 0 Å². The van der Waals surface area contributed by atoms with E-state index in [0.717, 1.165) is 56.2 Å². The van der Waals surface area contributed by atoms with Crippen molar-refractivity contribution < 1.29 is 0 Å². The first-order chi connectivity index (χ1) is 13.1. The van der Waals surface area contributed by atoms with Crippen LogP contribution in [0.3, 0.4) is 0 Å². The first-order valence-electron chi connectivity index (χ1n) is 10.5. The molecule has 0 aliphatic rings. The van der Waals surface area contributed by atoms with Crippen LogP contribution in [0.4, 0.5) is 0 Å². The quantitative estimate of drug-likeness (QED) is 0.514. The highest BCUT2D eigenvalue weighted by Crippen LogP contribution is 2.20. The molecule has 2 aromatic rings. The van der Waals surface area contributed by atoms with Crippen LogP contribution in [0.25, 0.3) is 11.3 Å². The van der Waals surface area contributed by atoms with E-state index < -0.39 is 0 Å². The maximum atomic E-state index is 13.2. The first-order valence-corrected chi connectivity index (χ1v) is 10.5. The van der Waals surface area contributed by atoms with E-state index in [1.807, 2.05) is 41.8 Å². The molecule has 1 aromatic heterocycles. The minimum absolute atomic E-state index is 0.139. The van der Waals surface area contributed by atoms with Gasteiger partial charge in [0.05, 0.1) is 5.69 Å². The summed E-state index contributed by atoms with van der Waals surface area (Å²) in [6.45, 7) is 7.38. The van der Waals surface area contributed by atoms with Crippen molar-refractivity contribution in [1.29, 1.82) is 0 Å². The van der Waals surface area contributed by atoms with E-state index in [0.29, 0.717) is 18.7 Å². The van der Waals surface area contributed by atoms with Crippen molar-refractivity contribution in [3.8, 4) is 11.3 Å². The lowest BCUT2D eigenvalue weighted by Gasteiger charge is -2.18. The van der Waals surface area contributed by atoms with Crippen LogP contribution in [-0.2, 0) is 13.1 Å². The van der Waals surface area contributed by atoms with Gasteiger partial charge in [-0.15, -0.1) is 0 Å². The highest BCUT2D eigenvalue weighted by Gasteiger charge is 2.17. The van der Waals surface area contributed by atoms with E-state index in [1.165, 1.54) is 11.0 Å². The first kappa shape index (κ1) is 21.2. The highest BCUT2D eigenvalue weighted by molar-refractivity contribution is 5.62. The zero-order valence-corrected chi connectivity index (χ0v) is 17.2. The SMILES string of the molecule is CCCCCCn1c(-c2ccccc2)c(C)c(=O)n(CCCCCC)c1=O. The molecule has 0 aliphatic carbocycles. The summed E-state index contributed by atoms with van der Waals surface area (Å²) in [6, 6.07) is 9.83. The van der Waals surface area contributed by atoms with Crippen LogP contribution in [0.5, 0.6) is 0 Å². The Bertz CT molecular complexity index is 819. The zero-order valence-electron chi connectivity index (χ0n) is 17.2. The molecule has 0 spiro atoms. The van der Waals surface area contributed by atoms with Gasteiger partial charge >= 0.3 is 5.69 Å². The van der Waals surface area contributed by atoms with Crippen LogP contribution in [0, 0.1) is 6.92 Å². The van der Waals surface area contributed by atoms with Crippen molar-refractivity contribution in [2.75, 3.05) is 0 Å². The van der Waals surface area contributed by atoms with Crippen molar-refractivity contribution in [2.24, 2.45) is 0 Å². The fourth-order valence-corrected chi connectivity index (χ4v) is 3.60. The molecule has 4 nitrogen and oxygen atoms in total. The van der Waals surface area contributed by atoms with Crippen LogP contribution in [0.1, 0.15) is 70.8 Å². The van der Waals surface area contributed by atoms with E-state index >= 15 is 0 Å². The molecule has 0 fully saturated rings. The average molecular weight is 371 g/mol. The Labute approximate surface area is 162 Å². The Morgan fingerprint density at radius 2 is 1.30 bits per heavy atom. The lowest BCUT2D eigenvalue weighted by atomic mass is 10.1. The minimum atomic E-state index is -0.155.